The minimum Gasteiger partial charge on any atom is -0.346 e. The number of carbonyl (C=O) groups is 1. The lowest BCUT2D eigenvalue weighted by Crippen LogP contribution is -2.35. The largest absolute Gasteiger partial charge is 0.346 e. The number of benzene rings is 2. The van der Waals surface area contributed by atoms with Gasteiger partial charge in [-0.3, -0.25) is 4.79 Å². The number of aryl methyl sites for hydroxylation is 1. The predicted octanol–water partition coefficient (Wildman–Crippen LogP) is 3.68. The molecule has 2 heterocycles. The molecule has 0 N–H and O–H groups in total. The van der Waals surface area contributed by atoms with Crippen LogP contribution in [0, 0.1) is 6.92 Å². The molecule has 0 saturated carbocycles. The summed E-state index contributed by atoms with van der Waals surface area (Å²) < 4.78 is 6.36. The van der Waals surface area contributed by atoms with Crippen LogP contribution in [0.25, 0.3) is 0 Å². The minimum absolute atomic E-state index is 0.104. The maximum Gasteiger partial charge on any atom is 0.256 e. The summed E-state index contributed by atoms with van der Waals surface area (Å²) in [5.41, 5.74) is 4.09. The van der Waals surface area contributed by atoms with Crippen molar-refractivity contribution in [3.05, 3.63) is 70.8 Å². The molecule has 0 spiro atoms. The molecule has 0 aromatic heterocycles. The summed E-state index contributed by atoms with van der Waals surface area (Å²) in [7, 11) is 0. The fraction of sp³-hybridized carbons (Fsp3) is 0.316. The van der Waals surface area contributed by atoms with E-state index in [0.29, 0.717) is 0 Å². The predicted molar refractivity (Wildman–Crippen MR) is 84.6 cm³/mol. The van der Waals surface area contributed by atoms with Gasteiger partial charge in [0.1, 0.15) is 12.3 Å². The average Bonchev–Trinajstić information content (AvgIpc) is 2.97. The molecule has 2 unspecified atom stereocenters. The van der Waals surface area contributed by atoms with Crippen molar-refractivity contribution in [1.82, 2.24) is 4.90 Å². The van der Waals surface area contributed by atoms with Crippen molar-refractivity contribution in [3.63, 3.8) is 0 Å². The monoisotopic (exact) mass is 293 g/mol. The normalized spacial score (nSPS) is 23.9. The first-order valence-corrected chi connectivity index (χ1v) is 7.86. The highest BCUT2D eigenvalue weighted by molar-refractivity contribution is 5.96. The van der Waals surface area contributed by atoms with Gasteiger partial charge in [0.15, 0.2) is 0 Å². The molecule has 0 aliphatic carbocycles. The lowest BCUT2D eigenvalue weighted by Gasteiger charge is -2.25. The van der Waals surface area contributed by atoms with Crippen LogP contribution in [0.5, 0.6) is 0 Å². The molecule has 1 saturated heterocycles. The van der Waals surface area contributed by atoms with Gasteiger partial charge in [0, 0.05) is 12.1 Å². The van der Waals surface area contributed by atoms with E-state index in [-0.39, 0.29) is 18.2 Å². The van der Waals surface area contributed by atoms with Crippen molar-refractivity contribution in [1.29, 1.82) is 0 Å². The van der Waals surface area contributed by atoms with Gasteiger partial charge in [0.25, 0.3) is 5.91 Å². The second-order valence-corrected chi connectivity index (χ2v) is 6.11. The first-order chi connectivity index (χ1) is 10.7. The molecule has 112 valence electrons. The summed E-state index contributed by atoms with van der Waals surface area (Å²) in [6.45, 7) is 2.87. The molecule has 2 aromatic carbocycles. The number of ether oxygens (including phenoxy) is 1. The van der Waals surface area contributed by atoms with E-state index in [1.807, 2.05) is 29.2 Å². The van der Waals surface area contributed by atoms with E-state index in [4.69, 9.17) is 4.74 Å². The van der Waals surface area contributed by atoms with E-state index in [1.165, 1.54) is 5.56 Å². The number of hydrogen-bond acceptors (Lipinski definition) is 2. The molecule has 4 rings (SSSR count). The van der Waals surface area contributed by atoms with Crippen LogP contribution in [0.3, 0.4) is 0 Å². The van der Waals surface area contributed by atoms with Crippen molar-refractivity contribution in [2.45, 2.75) is 32.1 Å². The molecule has 2 atom stereocenters. The van der Waals surface area contributed by atoms with Gasteiger partial charge in [-0.25, -0.2) is 0 Å². The van der Waals surface area contributed by atoms with E-state index >= 15 is 0 Å². The Hall–Kier alpha value is -2.13. The molecule has 2 aromatic rings. The van der Waals surface area contributed by atoms with Crippen LogP contribution in [0.1, 0.15) is 46.0 Å². The van der Waals surface area contributed by atoms with E-state index in [0.717, 1.165) is 36.1 Å². The van der Waals surface area contributed by atoms with E-state index in [1.54, 1.807) is 0 Å². The van der Waals surface area contributed by atoms with Crippen LogP contribution in [-0.4, -0.2) is 23.6 Å². The summed E-state index contributed by atoms with van der Waals surface area (Å²) >= 11 is 0. The maximum absolute atomic E-state index is 12.8. The molecule has 2 aliphatic rings. The summed E-state index contributed by atoms with van der Waals surface area (Å²) in [5.74, 6) is 0.104. The van der Waals surface area contributed by atoms with Gasteiger partial charge in [-0.1, -0.05) is 48.0 Å². The number of amides is 1. The van der Waals surface area contributed by atoms with Crippen molar-refractivity contribution >= 4 is 5.91 Å². The first-order valence-electron chi connectivity index (χ1n) is 7.86. The molecule has 0 bridgehead atoms. The molecule has 3 nitrogen and oxygen atoms in total. The van der Waals surface area contributed by atoms with Crippen LogP contribution in [0.2, 0.25) is 0 Å². The smallest absolute Gasteiger partial charge is 0.256 e. The van der Waals surface area contributed by atoms with Crippen LogP contribution in [0.15, 0.2) is 48.5 Å². The molecule has 2 aliphatic heterocycles. The van der Waals surface area contributed by atoms with Gasteiger partial charge in [0.2, 0.25) is 0 Å². The molecule has 0 radical (unpaired) electrons. The van der Waals surface area contributed by atoms with Gasteiger partial charge in [-0.15, -0.1) is 0 Å². The highest BCUT2D eigenvalue weighted by Crippen LogP contribution is 2.37. The van der Waals surface area contributed by atoms with Gasteiger partial charge >= 0.3 is 0 Å². The Morgan fingerprint density at radius 1 is 1.09 bits per heavy atom. The molecule has 3 heteroatoms. The van der Waals surface area contributed by atoms with Crippen LogP contribution < -0.4 is 0 Å². The van der Waals surface area contributed by atoms with Gasteiger partial charge in [-0.2, -0.15) is 0 Å². The lowest BCUT2D eigenvalue weighted by atomic mass is 9.96. The van der Waals surface area contributed by atoms with Gasteiger partial charge < -0.3 is 9.64 Å². The Kier molecular flexibility index (Phi) is 3.23. The fourth-order valence-corrected chi connectivity index (χ4v) is 3.41. The number of carbonyl (C=O) groups excluding carboxylic acids is 1. The highest BCUT2D eigenvalue weighted by Gasteiger charge is 2.38. The second-order valence-electron chi connectivity index (χ2n) is 6.11. The topological polar surface area (TPSA) is 29.5 Å². The fourth-order valence-electron chi connectivity index (χ4n) is 3.41. The van der Waals surface area contributed by atoms with Crippen molar-refractivity contribution in [2.75, 3.05) is 6.54 Å². The Labute approximate surface area is 130 Å². The molecule has 1 amide bonds. The summed E-state index contributed by atoms with van der Waals surface area (Å²) in [5, 5.41) is 0. The third kappa shape index (κ3) is 2.13. The standard InChI is InChI=1S/C19H19NO2/c1-13-8-10-14(11-9-13)18-15-5-2-3-6-16(15)19(21)20-12-4-7-17(20)22-18/h2-3,5-6,8-11,17-18H,4,7,12H2,1H3. The van der Waals surface area contributed by atoms with E-state index in [2.05, 4.69) is 31.2 Å². The van der Waals surface area contributed by atoms with Crippen LogP contribution in [0.4, 0.5) is 0 Å². The highest BCUT2D eigenvalue weighted by atomic mass is 16.5. The van der Waals surface area contributed by atoms with Crippen molar-refractivity contribution in [3.8, 4) is 0 Å². The number of hydrogen-bond donors (Lipinski definition) is 0. The van der Waals surface area contributed by atoms with Crippen molar-refractivity contribution < 1.29 is 9.53 Å². The van der Waals surface area contributed by atoms with Crippen LogP contribution >= 0.6 is 0 Å². The van der Waals surface area contributed by atoms with E-state index < -0.39 is 0 Å². The Morgan fingerprint density at radius 2 is 1.86 bits per heavy atom. The number of nitrogens with zero attached hydrogens (tertiary/aromatic N) is 1. The summed E-state index contributed by atoms with van der Waals surface area (Å²) in [6.07, 6.45) is 1.65. The Morgan fingerprint density at radius 3 is 2.68 bits per heavy atom. The van der Waals surface area contributed by atoms with Crippen LogP contribution in [-0.2, 0) is 4.74 Å². The summed E-state index contributed by atoms with van der Waals surface area (Å²) in [6, 6.07) is 16.2. The maximum atomic E-state index is 12.8. The second kappa shape index (κ2) is 5.25. The third-order valence-electron chi connectivity index (χ3n) is 4.61. The molecule has 22 heavy (non-hydrogen) atoms. The minimum atomic E-state index is -0.172. The van der Waals surface area contributed by atoms with E-state index in [9.17, 15) is 4.79 Å². The SMILES string of the molecule is Cc1ccc(C2OC3CCCN3C(=O)c3ccccc32)cc1. The van der Waals surface area contributed by atoms with Crippen molar-refractivity contribution in [2.24, 2.45) is 0 Å². The molecular formula is C19H19NO2. The first kappa shape index (κ1) is 13.5. The van der Waals surface area contributed by atoms with Gasteiger partial charge in [0.05, 0.1) is 0 Å². The third-order valence-corrected chi connectivity index (χ3v) is 4.61. The number of rotatable bonds is 1. The quantitative estimate of drug-likeness (QED) is 0.802. The zero-order valence-electron chi connectivity index (χ0n) is 12.7. The van der Waals surface area contributed by atoms with Gasteiger partial charge in [-0.05, 0) is 37.0 Å². The lowest BCUT2D eigenvalue weighted by molar-refractivity contribution is -0.0492. The Balaban J connectivity index is 1.84. The Bertz CT molecular complexity index is 708. The molecular weight excluding hydrogens is 274 g/mol. The zero-order valence-corrected chi connectivity index (χ0v) is 12.7. The zero-order chi connectivity index (χ0) is 15.1. The molecule has 1 fully saturated rings. The summed E-state index contributed by atoms with van der Waals surface area (Å²) in [4.78, 5) is 14.7. The number of fused-ring (bicyclic) bond motifs is 2. The average molecular weight is 293 g/mol.